The van der Waals surface area contributed by atoms with Gasteiger partial charge in [-0.2, -0.15) is 13.2 Å². The molecule has 190 valence electrons. The van der Waals surface area contributed by atoms with Crippen molar-refractivity contribution in [3.63, 3.8) is 0 Å². The third-order valence-electron chi connectivity index (χ3n) is 6.01. The maximum atomic E-state index is 13.3. The first-order valence-corrected chi connectivity index (χ1v) is 11.4. The van der Waals surface area contributed by atoms with Crippen LogP contribution in [0.25, 0.3) is 0 Å². The number of fused-ring (bicyclic) bond motifs is 2. The quantitative estimate of drug-likeness (QED) is 0.702. The monoisotopic (exact) mass is 494 g/mol. The lowest BCUT2D eigenvalue weighted by molar-refractivity contribution is -0.192. The van der Waals surface area contributed by atoms with E-state index in [0.717, 1.165) is 42.9 Å². The fourth-order valence-corrected chi connectivity index (χ4v) is 4.41. The molecule has 0 saturated carbocycles. The topological polar surface area (TPSA) is 95.7 Å². The SMILES string of the molecule is CN(C)CC1CCCc2nc3c(c(=O)n21)CN(C(=O)Cc1ccccc1)CC3.O=C(O)C(F)(F)F. The van der Waals surface area contributed by atoms with Gasteiger partial charge in [0, 0.05) is 25.9 Å². The Hall–Kier alpha value is -3.21. The zero-order chi connectivity index (χ0) is 25.8. The molecule has 2 aliphatic heterocycles. The molecule has 0 saturated heterocycles. The summed E-state index contributed by atoms with van der Waals surface area (Å²) in [7, 11) is 4.07. The fourth-order valence-electron chi connectivity index (χ4n) is 4.41. The molecule has 4 rings (SSSR count). The van der Waals surface area contributed by atoms with Crippen molar-refractivity contribution >= 4 is 11.9 Å². The van der Waals surface area contributed by atoms with Gasteiger partial charge in [-0.25, -0.2) is 9.78 Å². The van der Waals surface area contributed by atoms with E-state index in [1.165, 1.54) is 0 Å². The van der Waals surface area contributed by atoms with Crippen molar-refractivity contribution in [1.82, 2.24) is 19.4 Å². The van der Waals surface area contributed by atoms with Crippen molar-refractivity contribution < 1.29 is 27.9 Å². The second kappa shape index (κ2) is 11.0. The van der Waals surface area contributed by atoms with Crippen LogP contribution in [0.4, 0.5) is 13.2 Å². The number of carboxylic acid groups (broad SMARTS) is 1. The van der Waals surface area contributed by atoms with Crippen LogP contribution in [0.5, 0.6) is 0 Å². The smallest absolute Gasteiger partial charge is 0.475 e. The number of carbonyl (C=O) groups is 2. The number of carbonyl (C=O) groups excluding carboxylic acids is 1. The van der Waals surface area contributed by atoms with E-state index >= 15 is 0 Å². The van der Waals surface area contributed by atoms with Crippen molar-refractivity contribution in [2.24, 2.45) is 0 Å². The van der Waals surface area contributed by atoms with Crippen LogP contribution in [0, 0.1) is 0 Å². The molecule has 0 spiro atoms. The molecule has 35 heavy (non-hydrogen) atoms. The van der Waals surface area contributed by atoms with Gasteiger partial charge in [-0.3, -0.25) is 14.2 Å². The molecule has 2 aromatic rings. The number of hydrogen-bond acceptors (Lipinski definition) is 5. The molecule has 2 aliphatic rings. The first-order valence-electron chi connectivity index (χ1n) is 11.4. The van der Waals surface area contributed by atoms with Gasteiger partial charge in [-0.05, 0) is 32.5 Å². The van der Waals surface area contributed by atoms with Crippen molar-refractivity contribution in [2.75, 3.05) is 27.2 Å². The number of aryl methyl sites for hydroxylation is 1. The fraction of sp³-hybridized carbons (Fsp3) is 0.500. The number of hydrogen-bond donors (Lipinski definition) is 1. The van der Waals surface area contributed by atoms with Gasteiger partial charge in [0.2, 0.25) is 5.91 Å². The third-order valence-corrected chi connectivity index (χ3v) is 6.01. The molecule has 3 heterocycles. The summed E-state index contributed by atoms with van der Waals surface area (Å²) in [5.74, 6) is -1.76. The van der Waals surface area contributed by atoms with E-state index < -0.39 is 12.1 Å². The molecule has 1 amide bonds. The molecule has 1 unspecified atom stereocenters. The van der Waals surface area contributed by atoms with Crippen molar-refractivity contribution in [3.8, 4) is 0 Å². The molecule has 0 aliphatic carbocycles. The normalized spacial score (nSPS) is 17.2. The Morgan fingerprint density at radius 1 is 1.17 bits per heavy atom. The molecule has 8 nitrogen and oxygen atoms in total. The summed E-state index contributed by atoms with van der Waals surface area (Å²) in [6.45, 7) is 1.85. The van der Waals surface area contributed by atoms with E-state index in [9.17, 15) is 22.8 Å². The summed E-state index contributed by atoms with van der Waals surface area (Å²) in [5, 5.41) is 7.12. The van der Waals surface area contributed by atoms with Gasteiger partial charge in [-0.15, -0.1) is 0 Å². The van der Waals surface area contributed by atoms with E-state index in [1.807, 2.05) is 53.9 Å². The first-order chi connectivity index (χ1) is 16.5. The Morgan fingerprint density at radius 3 is 2.43 bits per heavy atom. The van der Waals surface area contributed by atoms with Gasteiger partial charge in [0.15, 0.2) is 0 Å². The molecule has 0 bridgehead atoms. The van der Waals surface area contributed by atoms with Crippen LogP contribution in [-0.2, 0) is 35.4 Å². The summed E-state index contributed by atoms with van der Waals surface area (Å²) in [5.41, 5.74) is 2.67. The average molecular weight is 495 g/mol. The van der Waals surface area contributed by atoms with Crippen LogP contribution in [0.1, 0.15) is 41.5 Å². The molecule has 11 heteroatoms. The number of benzene rings is 1. The lowest BCUT2D eigenvalue weighted by atomic mass is 10.00. The highest BCUT2D eigenvalue weighted by Gasteiger charge is 2.38. The Labute approximate surface area is 201 Å². The summed E-state index contributed by atoms with van der Waals surface area (Å²) in [6.07, 6.45) is -1.10. The van der Waals surface area contributed by atoms with Gasteiger partial charge in [0.25, 0.3) is 5.56 Å². The lowest BCUT2D eigenvalue weighted by Crippen LogP contribution is -2.45. The Bertz CT molecular complexity index is 1120. The minimum Gasteiger partial charge on any atom is -0.475 e. The largest absolute Gasteiger partial charge is 0.490 e. The van der Waals surface area contributed by atoms with E-state index in [4.69, 9.17) is 14.9 Å². The maximum absolute atomic E-state index is 13.3. The number of amides is 1. The van der Waals surface area contributed by atoms with Crippen LogP contribution >= 0.6 is 0 Å². The standard InChI is InChI=1S/C22H28N4O2.C2HF3O2/c1-24(2)14-17-9-6-10-20-23-19-11-12-25(15-18(19)22(28)26(17)20)21(27)13-16-7-4-3-5-8-16;3-2(4,5)1(6)7/h3-5,7-8,17H,6,9-15H2,1-2H3;(H,6,7). The number of alkyl halides is 3. The number of nitrogens with zero attached hydrogens (tertiary/aromatic N) is 4. The van der Waals surface area contributed by atoms with Crippen LogP contribution in [0.3, 0.4) is 0 Å². The molecular formula is C24H29F3N4O4. The summed E-state index contributed by atoms with van der Waals surface area (Å²) in [4.78, 5) is 43.8. The number of halogens is 3. The lowest BCUT2D eigenvalue weighted by Gasteiger charge is -2.33. The second-order valence-electron chi connectivity index (χ2n) is 8.97. The molecule has 0 radical (unpaired) electrons. The predicted molar refractivity (Wildman–Crippen MR) is 122 cm³/mol. The van der Waals surface area contributed by atoms with E-state index in [-0.39, 0.29) is 17.5 Å². The highest BCUT2D eigenvalue weighted by molar-refractivity contribution is 5.79. The van der Waals surface area contributed by atoms with Gasteiger partial charge in [0.1, 0.15) is 5.82 Å². The van der Waals surface area contributed by atoms with E-state index in [1.54, 1.807) is 0 Å². The number of aromatic nitrogens is 2. The van der Waals surface area contributed by atoms with Crippen LogP contribution in [-0.4, -0.2) is 69.7 Å². The average Bonchev–Trinajstić information content (AvgIpc) is 2.79. The van der Waals surface area contributed by atoms with Gasteiger partial charge < -0.3 is 14.9 Å². The summed E-state index contributed by atoms with van der Waals surface area (Å²) in [6, 6.07) is 9.94. The van der Waals surface area contributed by atoms with Gasteiger partial charge >= 0.3 is 12.1 Å². The zero-order valence-corrected chi connectivity index (χ0v) is 19.7. The number of carboxylic acids is 1. The van der Waals surface area contributed by atoms with E-state index in [2.05, 4.69) is 4.90 Å². The minimum atomic E-state index is -5.08. The summed E-state index contributed by atoms with van der Waals surface area (Å²) < 4.78 is 33.6. The Morgan fingerprint density at radius 2 is 1.83 bits per heavy atom. The van der Waals surface area contributed by atoms with Gasteiger partial charge in [-0.1, -0.05) is 30.3 Å². The van der Waals surface area contributed by atoms with E-state index in [0.29, 0.717) is 31.5 Å². The predicted octanol–water partition coefficient (Wildman–Crippen LogP) is 2.44. The Kier molecular flexibility index (Phi) is 8.31. The highest BCUT2D eigenvalue weighted by Crippen LogP contribution is 2.25. The van der Waals surface area contributed by atoms with Crippen molar-refractivity contribution in [2.45, 2.75) is 50.9 Å². The highest BCUT2D eigenvalue weighted by atomic mass is 19.4. The summed E-state index contributed by atoms with van der Waals surface area (Å²) >= 11 is 0. The van der Waals surface area contributed by atoms with Crippen LogP contribution in [0.2, 0.25) is 0 Å². The zero-order valence-electron chi connectivity index (χ0n) is 19.7. The van der Waals surface area contributed by atoms with Crippen LogP contribution < -0.4 is 5.56 Å². The third kappa shape index (κ3) is 6.68. The minimum absolute atomic E-state index is 0.0590. The maximum Gasteiger partial charge on any atom is 0.490 e. The van der Waals surface area contributed by atoms with Crippen molar-refractivity contribution in [1.29, 1.82) is 0 Å². The molecular weight excluding hydrogens is 465 g/mol. The molecule has 0 fully saturated rings. The second-order valence-corrected chi connectivity index (χ2v) is 8.97. The van der Waals surface area contributed by atoms with Gasteiger partial charge in [0.05, 0.1) is 30.3 Å². The molecule has 1 aromatic carbocycles. The first kappa shape index (κ1) is 26.4. The number of aliphatic carboxylic acids is 1. The van der Waals surface area contributed by atoms with Crippen LogP contribution in [0.15, 0.2) is 35.1 Å². The molecule has 1 N–H and O–H groups in total. The van der Waals surface area contributed by atoms with Crippen molar-refractivity contribution in [3.05, 3.63) is 63.3 Å². The number of likely N-dealkylation sites (N-methyl/N-ethyl adjacent to an activating group) is 1. The molecule has 1 aromatic heterocycles. The number of rotatable bonds is 4. The molecule has 1 atom stereocenters. The Balaban J connectivity index is 0.000000429.